The van der Waals surface area contributed by atoms with E-state index in [9.17, 15) is 14.4 Å². The number of benzene rings is 2. The van der Waals surface area contributed by atoms with Crippen LogP contribution in [0, 0.1) is 5.82 Å². The molecule has 0 amide bonds. The molecule has 2 aromatic carbocycles. The van der Waals surface area contributed by atoms with Gasteiger partial charge in [-0.25, -0.2) is 4.39 Å². The summed E-state index contributed by atoms with van der Waals surface area (Å²) >= 11 is 9.75. The van der Waals surface area contributed by atoms with Crippen molar-refractivity contribution in [3.8, 4) is 0 Å². The van der Waals surface area contributed by atoms with E-state index in [1.165, 1.54) is 22.8 Å². The Labute approximate surface area is 175 Å². The summed E-state index contributed by atoms with van der Waals surface area (Å²) in [5.41, 5.74) is 2.50. The molecular formula is C21H17BrClFN2O2. The third-order valence-electron chi connectivity index (χ3n) is 4.55. The quantitative estimate of drug-likeness (QED) is 0.315. The molecule has 3 aromatic rings. The van der Waals surface area contributed by atoms with Crippen LogP contribution in [0.15, 0.2) is 75.2 Å². The zero-order valence-electron chi connectivity index (χ0n) is 14.9. The summed E-state index contributed by atoms with van der Waals surface area (Å²) in [4.78, 5) is 11.7. The predicted molar refractivity (Wildman–Crippen MR) is 112 cm³/mol. The number of halogens is 3. The molecule has 0 saturated carbocycles. The van der Waals surface area contributed by atoms with Crippen molar-refractivity contribution in [2.45, 2.75) is 12.3 Å². The molecule has 0 bridgehead atoms. The van der Waals surface area contributed by atoms with Gasteiger partial charge >= 0.3 is 0 Å². The van der Waals surface area contributed by atoms with Crippen LogP contribution in [-0.2, 0) is 7.05 Å². The van der Waals surface area contributed by atoms with Gasteiger partial charge in [-0.1, -0.05) is 50.9 Å². The maximum atomic E-state index is 13.6. The summed E-state index contributed by atoms with van der Waals surface area (Å²) in [5, 5.41) is 13.4. The first-order chi connectivity index (χ1) is 13.4. The van der Waals surface area contributed by atoms with Gasteiger partial charge in [0.2, 0.25) is 5.56 Å². The fourth-order valence-electron chi connectivity index (χ4n) is 3.06. The van der Waals surface area contributed by atoms with Crippen molar-refractivity contribution >= 4 is 33.2 Å². The van der Waals surface area contributed by atoms with Crippen molar-refractivity contribution < 1.29 is 9.60 Å². The van der Waals surface area contributed by atoms with E-state index in [0.717, 1.165) is 15.6 Å². The van der Waals surface area contributed by atoms with Crippen molar-refractivity contribution in [3.63, 3.8) is 0 Å². The topological polar surface area (TPSA) is 54.6 Å². The number of nitrogens with zero attached hydrogens (tertiary/aromatic N) is 2. The fraction of sp³-hybridized carbons (Fsp3) is 0.143. The van der Waals surface area contributed by atoms with Crippen molar-refractivity contribution in [1.29, 1.82) is 0 Å². The molecule has 7 heteroatoms. The van der Waals surface area contributed by atoms with Crippen LogP contribution in [0.2, 0.25) is 5.02 Å². The van der Waals surface area contributed by atoms with Gasteiger partial charge in [-0.3, -0.25) is 4.79 Å². The summed E-state index contributed by atoms with van der Waals surface area (Å²) in [6.45, 7) is 0. The second-order valence-electron chi connectivity index (χ2n) is 6.39. The zero-order valence-corrected chi connectivity index (χ0v) is 17.3. The SMILES string of the molecule is Cn1cc(/C(CC(c2ccc(Br)cc2)c2ccc(F)cc2Cl)=N\O)ccc1=O. The van der Waals surface area contributed by atoms with Gasteiger partial charge in [0.25, 0.3) is 0 Å². The van der Waals surface area contributed by atoms with Gasteiger partial charge in [-0.05, 0) is 41.5 Å². The molecule has 1 N–H and O–H groups in total. The minimum absolute atomic E-state index is 0.160. The molecule has 0 radical (unpaired) electrons. The van der Waals surface area contributed by atoms with Gasteiger partial charge in [0.05, 0.1) is 5.71 Å². The molecule has 1 aromatic heterocycles. The van der Waals surface area contributed by atoms with E-state index in [-0.39, 0.29) is 11.5 Å². The molecule has 1 heterocycles. The first-order valence-electron chi connectivity index (χ1n) is 8.47. The van der Waals surface area contributed by atoms with E-state index in [1.807, 2.05) is 24.3 Å². The second-order valence-corrected chi connectivity index (χ2v) is 7.71. The molecule has 0 spiro atoms. The average Bonchev–Trinajstić information content (AvgIpc) is 2.67. The molecule has 144 valence electrons. The first-order valence-corrected chi connectivity index (χ1v) is 9.64. The number of aryl methyl sites for hydroxylation is 1. The summed E-state index contributed by atoms with van der Waals surface area (Å²) in [5.74, 6) is -0.693. The van der Waals surface area contributed by atoms with Gasteiger partial charge < -0.3 is 9.77 Å². The van der Waals surface area contributed by atoms with E-state index in [2.05, 4.69) is 21.1 Å². The molecule has 28 heavy (non-hydrogen) atoms. The summed E-state index contributed by atoms with van der Waals surface area (Å²) in [7, 11) is 1.63. The summed E-state index contributed by atoms with van der Waals surface area (Å²) in [6.07, 6.45) is 1.92. The molecule has 0 aliphatic rings. The zero-order chi connectivity index (χ0) is 20.3. The fourth-order valence-corrected chi connectivity index (χ4v) is 3.62. The van der Waals surface area contributed by atoms with Crippen LogP contribution in [-0.4, -0.2) is 15.5 Å². The van der Waals surface area contributed by atoms with Crippen molar-refractivity contribution in [3.05, 3.63) is 103 Å². The maximum Gasteiger partial charge on any atom is 0.250 e. The Morgan fingerprint density at radius 3 is 2.54 bits per heavy atom. The maximum absolute atomic E-state index is 13.6. The van der Waals surface area contributed by atoms with Gasteiger partial charge in [-0.2, -0.15) is 0 Å². The highest BCUT2D eigenvalue weighted by atomic mass is 79.9. The molecule has 1 atom stereocenters. The number of hydrogen-bond acceptors (Lipinski definition) is 3. The average molecular weight is 464 g/mol. The van der Waals surface area contributed by atoms with Gasteiger partial charge in [0.1, 0.15) is 5.82 Å². The summed E-state index contributed by atoms with van der Waals surface area (Å²) < 4.78 is 15.9. The first kappa shape index (κ1) is 20.3. The van der Waals surface area contributed by atoms with Gasteiger partial charge in [-0.15, -0.1) is 0 Å². The standard InChI is InChI=1S/C21H17BrClFN2O2/c1-26-12-14(4-9-21(26)27)20(25-28)11-18(13-2-5-15(22)6-3-13)17-8-7-16(24)10-19(17)23/h2-10,12,18,28H,11H2,1H3/b25-20-. The molecule has 0 aliphatic carbocycles. The smallest absolute Gasteiger partial charge is 0.250 e. The van der Waals surface area contributed by atoms with Crippen LogP contribution in [0.4, 0.5) is 4.39 Å². The largest absolute Gasteiger partial charge is 0.411 e. The monoisotopic (exact) mass is 462 g/mol. The Bertz CT molecular complexity index is 1080. The van der Waals surface area contributed by atoms with Gasteiger partial charge in [0, 0.05) is 46.7 Å². The third kappa shape index (κ3) is 4.51. The van der Waals surface area contributed by atoms with E-state index in [1.54, 1.807) is 25.4 Å². The predicted octanol–water partition coefficient (Wildman–Crippen LogP) is 5.34. The highest BCUT2D eigenvalue weighted by Crippen LogP contribution is 2.35. The highest BCUT2D eigenvalue weighted by molar-refractivity contribution is 9.10. The highest BCUT2D eigenvalue weighted by Gasteiger charge is 2.21. The Morgan fingerprint density at radius 1 is 1.21 bits per heavy atom. The van der Waals surface area contributed by atoms with Crippen molar-refractivity contribution in [1.82, 2.24) is 4.57 Å². The number of pyridine rings is 1. The van der Waals surface area contributed by atoms with Crippen molar-refractivity contribution in [2.24, 2.45) is 12.2 Å². The Morgan fingerprint density at radius 2 is 1.93 bits per heavy atom. The van der Waals surface area contributed by atoms with Gasteiger partial charge in [0.15, 0.2) is 0 Å². The third-order valence-corrected chi connectivity index (χ3v) is 5.40. The van der Waals surface area contributed by atoms with E-state index in [4.69, 9.17) is 11.6 Å². The molecule has 0 fully saturated rings. The normalized spacial score (nSPS) is 12.8. The van der Waals surface area contributed by atoms with E-state index < -0.39 is 5.82 Å². The van der Waals surface area contributed by atoms with Crippen LogP contribution >= 0.6 is 27.5 Å². The summed E-state index contributed by atoms with van der Waals surface area (Å²) in [6, 6.07) is 15.0. The number of aromatic nitrogens is 1. The Balaban J connectivity index is 2.06. The Kier molecular flexibility index (Phi) is 6.31. The number of rotatable bonds is 5. The molecule has 3 rings (SSSR count). The molecule has 0 aliphatic heterocycles. The van der Waals surface area contributed by atoms with E-state index in [0.29, 0.717) is 22.7 Å². The molecule has 4 nitrogen and oxygen atoms in total. The van der Waals surface area contributed by atoms with Crippen molar-refractivity contribution in [2.75, 3.05) is 0 Å². The van der Waals surface area contributed by atoms with Crippen LogP contribution in [0.25, 0.3) is 0 Å². The second kappa shape index (κ2) is 8.71. The van der Waals surface area contributed by atoms with Crippen LogP contribution in [0.5, 0.6) is 0 Å². The van der Waals surface area contributed by atoms with Crippen LogP contribution in [0.3, 0.4) is 0 Å². The molecule has 1 unspecified atom stereocenters. The lowest BCUT2D eigenvalue weighted by atomic mass is 9.85. The molecule has 0 saturated heterocycles. The van der Waals surface area contributed by atoms with Crippen LogP contribution < -0.4 is 5.56 Å². The number of oxime groups is 1. The minimum atomic E-state index is -0.419. The van der Waals surface area contributed by atoms with E-state index >= 15 is 0 Å². The number of hydrogen-bond donors (Lipinski definition) is 1. The lowest BCUT2D eigenvalue weighted by molar-refractivity contribution is 0.317. The molecular weight excluding hydrogens is 447 g/mol. The Hall–Kier alpha value is -2.44. The lowest BCUT2D eigenvalue weighted by Gasteiger charge is -2.20. The minimum Gasteiger partial charge on any atom is -0.411 e. The lowest BCUT2D eigenvalue weighted by Crippen LogP contribution is -2.18. The van der Waals surface area contributed by atoms with Crippen LogP contribution in [0.1, 0.15) is 29.0 Å².